The van der Waals surface area contributed by atoms with Crippen molar-refractivity contribution in [2.24, 2.45) is 0 Å². The largest absolute Gasteiger partial charge is 0.434 e. The quantitative estimate of drug-likeness (QED) is 0.719. The summed E-state index contributed by atoms with van der Waals surface area (Å²) in [6, 6.07) is 6.96. The Labute approximate surface area is 131 Å². The van der Waals surface area contributed by atoms with E-state index in [0.29, 0.717) is 4.47 Å². The van der Waals surface area contributed by atoms with Crippen LogP contribution in [0.25, 0.3) is 0 Å². The van der Waals surface area contributed by atoms with Gasteiger partial charge in [-0.15, -0.1) is 0 Å². The first-order valence-corrected chi connectivity index (χ1v) is 6.75. The molecule has 1 aromatic carbocycles. The van der Waals surface area contributed by atoms with E-state index in [1.807, 2.05) is 0 Å². The average molecular weight is 374 g/mol. The number of benzene rings is 1. The van der Waals surface area contributed by atoms with Crippen LogP contribution in [0.15, 0.2) is 41.0 Å². The smallest absolute Gasteiger partial charge is 0.387 e. The summed E-state index contributed by atoms with van der Waals surface area (Å²) in [6.07, 6.45) is 1.54. The highest BCUT2D eigenvalue weighted by Gasteiger charge is 2.16. The van der Waals surface area contributed by atoms with Crippen molar-refractivity contribution >= 4 is 27.7 Å². The molecule has 0 radical (unpaired) electrons. The number of alkyl halides is 2. The van der Waals surface area contributed by atoms with E-state index in [2.05, 4.69) is 36.5 Å². The average Bonchev–Trinajstić information content (AvgIpc) is 2.91. The van der Waals surface area contributed by atoms with E-state index in [-0.39, 0.29) is 17.0 Å². The summed E-state index contributed by atoms with van der Waals surface area (Å²) >= 11 is 3.16. The van der Waals surface area contributed by atoms with Gasteiger partial charge < -0.3 is 9.72 Å². The minimum atomic E-state index is -3.06. The van der Waals surface area contributed by atoms with Gasteiger partial charge in [0, 0.05) is 10.7 Å². The molecule has 0 aliphatic carbocycles. The van der Waals surface area contributed by atoms with Gasteiger partial charge in [-0.05, 0) is 34.1 Å². The van der Waals surface area contributed by atoms with Crippen LogP contribution in [-0.4, -0.2) is 23.4 Å². The van der Waals surface area contributed by atoms with Crippen molar-refractivity contribution in [3.8, 4) is 5.75 Å². The molecule has 0 unspecified atom stereocenters. The number of ether oxygens (including phenoxy) is 1. The molecule has 0 saturated heterocycles. The van der Waals surface area contributed by atoms with Crippen molar-refractivity contribution in [3.05, 3.63) is 52.3 Å². The highest BCUT2D eigenvalue weighted by Crippen LogP contribution is 2.19. The monoisotopic (exact) mass is 373 g/mol. The number of aromatic amines is 1. The molecular weight excluding hydrogens is 364 g/mol. The number of hydrazine groups is 1. The molecule has 0 atom stereocenters. The number of carbonyl (C=O) groups excluding carboxylic acids is 2. The zero-order valence-electron chi connectivity index (χ0n) is 10.9. The summed E-state index contributed by atoms with van der Waals surface area (Å²) in [5, 5.41) is 0. The highest BCUT2D eigenvalue weighted by molar-refractivity contribution is 9.10. The van der Waals surface area contributed by atoms with E-state index in [4.69, 9.17) is 0 Å². The van der Waals surface area contributed by atoms with Crippen LogP contribution in [0.4, 0.5) is 8.78 Å². The minimum absolute atomic E-state index is 0.129. The zero-order chi connectivity index (χ0) is 16.1. The fourth-order valence-corrected chi connectivity index (χ4v) is 1.94. The van der Waals surface area contributed by atoms with E-state index in [1.165, 1.54) is 30.3 Å². The predicted octanol–water partition coefficient (Wildman–Crippen LogP) is 2.45. The SMILES string of the molecule is O=C(NNC(=O)c1ccccc1OC(F)F)c1cc(Br)c[nH]1. The van der Waals surface area contributed by atoms with Gasteiger partial charge in [-0.25, -0.2) is 0 Å². The lowest BCUT2D eigenvalue weighted by molar-refractivity contribution is -0.0501. The van der Waals surface area contributed by atoms with Crippen LogP contribution in [0.2, 0.25) is 0 Å². The maximum atomic E-state index is 12.3. The van der Waals surface area contributed by atoms with Gasteiger partial charge in [0.25, 0.3) is 11.8 Å². The van der Waals surface area contributed by atoms with E-state index < -0.39 is 18.4 Å². The summed E-state index contributed by atoms with van der Waals surface area (Å²) in [6.45, 7) is -3.06. The summed E-state index contributed by atoms with van der Waals surface area (Å²) in [7, 11) is 0. The van der Waals surface area contributed by atoms with Gasteiger partial charge in [-0.3, -0.25) is 20.4 Å². The number of H-pyrrole nitrogens is 1. The number of hydrogen-bond acceptors (Lipinski definition) is 3. The van der Waals surface area contributed by atoms with Gasteiger partial charge in [0.2, 0.25) is 0 Å². The molecule has 3 N–H and O–H groups in total. The Morgan fingerprint density at radius 2 is 1.86 bits per heavy atom. The predicted molar refractivity (Wildman–Crippen MR) is 76.5 cm³/mol. The molecule has 1 heterocycles. The second kappa shape index (κ2) is 7.03. The zero-order valence-corrected chi connectivity index (χ0v) is 12.5. The van der Waals surface area contributed by atoms with E-state index >= 15 is 0 Å². The first kappa shape index (κ1) is 16.0. The van der Waals surface area contributed by atoms with Crippen LogP contribution >= 0.6 is 15.9 Å². The molecule has 0 fully saturated rings. The second-order valence-corrected chi connectivity index (χ2v) is 4.93. The standard InChI is InChI=1S/C13H10BrF2N3O3/c14-7-5-9(17-6-7)12(21)19-18-11(20)8-3-1-2-4-10(8)22-13(15)16/h1-6,13,17H,(H,18,20)(H,19,21). The van der Waals surface area contributed by atoms with Crippen molar-refractivity contribution in [3.63, 3.8) is 0 Å². The molecule has 0 aliphatic heterocycles. The molecule has 2 aromatic rings. The third-order valence-corrected chi connectivity index (χ3v) is 2.99. The second-order valence-electron chi connectivity index (χ2n) is 4.01. The Hall–Kier alpha value is -2.42. The van der Waals surface area contributed by atoms with Gasteiger partial charge in [0.05, 0.1) is 5.56 Å². The van der Waals surface area contributed by atoms with E-state index in [0.717, 1.165) is 0 Å². The highest BCUT2D eigenvalue weighted by atomic mass is 79.9. The maximum Gasteiger partial charge on any atom is 0.387 e. The number of rotatable bonds is 4. The number of aromatic nitrogens is 1. The molecule has 9 heteroatoms. The molecule has 0 saturated carbocycles. The molecule has 0 bridgehead atoms. The Bertz CT molecular complexity index is 691. The van der Waals surface area contributed by atoms with Crippen LogP contribution < -0.4 is 15.6 Å². The molecule has 2 rings (SSSR count). The van der Waals surface area contributed by atoms with Crippen LogP contribution in [0.3, 0.4) is 0 Å². The van der Waals surface area contributed by atoms with E-state index in [9.17, 15) is 18.4 Å². The molecule has 1 aromatic heterocycles. The summed E-state index contributed by atoms with van der Waals surface area (Å²) < 4.78 is 29.4. The van der Waals surface area contributed by atoms with Crippen LogP contribution in [0.5, 0.6) is 5.75 Å². The number of carbonyl (C=O) groups is 2. The van der Waals surface area contributed by atoms with E-state index in [1.54, 1.807) is 6.20 Å². The molecular formula is C13H10BrF2N3O3. The fraction of sp³-hybridized carbons (Fsp3) is 0.0769. The van der Waals surface area contributed by atoms with Crippen molar-refractivity contribution in [2.75, 3.05) is 0 Å². The molecule has 22 heavy (non-hydrogen) atoms. The van der Waals surface area contributed by atoms with Crippen molar-refractivity contribution in [1.29, 1.82) is 0 Å². The van der Waals surface area contributed by atoms with Crippen molar-refractivity contribution < 1.29 is 23.1 Å². The first-order chi connectivity index (χ1) is 10.5. The molecule has 116 valence electrons. The van der Waals surface area contributed by atoms with Crippen molar-refractivity contribution in [2.45, 2.75) is 6.61 Å². The van der Waals surface area contributed by atoms with Gasteiger partial charge in [-0.1, -0.05) is 12.1 Å². The summed E-state index contributed by atoms with van der Waals surface area (Å²) in [4.78, 5) is 26.3. The van der Waals surface area contributed by atoms with Crippen LogP contribution in [0, 0.1) is 0 Å². The number of nitrogens with one attached hydrogen (secondary N) is 3. The number of halogens is 3. The van der Waals surface area contributed by atoms with Gasteiger partial charge in [0.15, 0.2) is 0 Å². The lowest BCUT2D eigenvalue weighted by atomic mass is 10.2. The number of para-hydroxylation sites is 1. The van der Waals surface area contributed by atoms with Crippen molar-refractivity contribution in [1.82, 2.24) is 15.8 Å². The number of hydrogen-bond donors (Lipinski definition) is 3. The lowest BCUT2D eigenvalue weighted by Gasteiger charge is -2.11. The Balaban J connectivity index is 2.02. The minimum Gasteiger partial charge on any atom is -0.434 e. The Morgan fingerprint density at radius 3 is 2.50 bits per heavy atom. The topological polar surface area (TPSA) is 83.2 Å². The Kier molecular flexibility index (Phi) is 5.10. The maximum absolute atomic E-state index is 12.3. The third kappa shape index (κ3) is 4.04. The van der Waals surface area contributed by atoms with Gasteiger partial charge in [-0.2, -0.15) is 8.78 Å². The van der Waals surface area contributed by atoms with Crippen LogP contribution in [0.1, 0.15) is 20.8 Å². The van der Waals surface area contributed by atoms with Gasteiger partial charge >= 0.3 is 6.61 Å². The van der Waals surface area contributed by atoms with Crippen LogP contribution in [-0.2, 0) is 0 Å². The normalized spacial score (nSPS) is 10.4. The summed E-state index contributed by atoms with van der Waals surface area (Å²) in [5.41, 5.74) is 4.36. The molecule has 0 aliphatic rings. The molecule has 6 nitrogen and oxygen atoms in total. The fourth-order valence-electron chi connectivity index (χ4n) is 1.60. The summed E-state index contributed by atoms with van der Waals surface area (Å²) in [5.74, 6) is -1.66. The van der Waals surface area contributed by atoms with Gasteiger partial charge in [0.1, 0.15) is 11.4 Å². The lowest BCUT2D eigenvalue weighted by Crippen LogP contribution is -2.41. The Morgan fingerprint density at radius 1 is 1.18 bits per heavy atom. The molecule has 0 spiro atoms. The number of amides is 2. The first-order valence-electron chi connectivity index (χ1n) is 5.96. The molecule has 2 amide bonds. The third-order valence-electron chi connectivity index (χ3n) is 2.53.